The lowest BCUT2D eigenvalue weighted by Gasteiger charge is -1.95. The van der Waals surface area contributed by atoms with Crippen LogP contribution < -0.4 is 10.5 Å². The van der Waals surface area contributed by atoms with Crippen molar-refractivity contribution in [3.8, 4) is 5.75 Å². The maximum Gasteiger partial charge on any atom is 0.201 e. The van der Waals surface area contributed by atoms with Crippen molar-refractivity contribution in [3.63, 3.8) is 0 Å². The molecule has 0 fully saturated rings. The van der Waals surface area contributed by atoms with Crippen LogP contribution in [0.2, 0.25) is 0 Å². The van der Waals surface area contributed by atoms with Crippen LogP contribution in [0.1, 0.15) is 11.6 Å². The largest absolute Gasteiger partial charge is 0.497 e. The average Bonchev–Trinajstić information content (AvgIpc) is 2.94. The highest BCUT2D eigenvalue weighted by atomic mass is 32.1. The highest BCUT2D eigenvalue weighted by Gasteiger charge is 2.09. The van der Waals surface area contributed by atoms with Crippen molar-refractivity contribution in [1.29, 1.82) is 0 Å². The van der Waals surface area contributed by atoms with E-state index in [1.54, 1.807) is 7.11 Å². The fraction of sp³-hybridized carbons (Fsp3) is 0.167. The number of oxazole rings is 1. The van der Waals surface area contributed by atoms with Gasteiger partial charge in [-0.2, -0.15) is 0 Å². The number of nitrogen functional groups attached to an aromatic ring is 1. The normalized spacial score (nSPS) is 10.9. The topological polar surface area (TPSA) is 74.2 Å². The van der Waals surface area contributed by atoms with Crippen LogP contribution in [0.3, 0.4) is 0 Å². The Morgan fingerprint density at radius 3 is 3.00 bits per heavy atom. The van der Waals surface area contributed by atoms with Crippen LogP contribution in [0.15, 0.2) is 28.0 Å². The first kappa shape index (κ1) is 11.0. The molecule has 3 rings (SSSR count). The third-order valence-electron chi connectivity index (χ3n) is 2.54. The van der Waals surface area contributed by atoms with E-state index in [9.17, 15) is 0 Å². The molecule has 0 radical (unpaired) electrons. The Kier molecular flexibility index (Phi) is 2.64. The van der Waals surface area contributed by atoms with E-state index in [1.165, 1.54) is 11.3 Å². The summed E-state index contributed by atoms with van der Waals surface area (Å²) in [7, 11) is 1.62. The van der Waals surface area contributed by atoms with Crippen molar-refractivity contribution in [2.45, 2.75) is 6.42 Å². The van der Waals surface area contributed by atoms with Crippen molar-refractivity contribution in [2.24, 2.45) is 0 Å². The van der Waals surface area contributed by atoms with Crippen LogP contribution in [0.5, 0.6) is 5.75 Å². The van der Waals surface area contributed by atoms with Gasteiger partial charge in [0, 0.05) is 11.4 Å². The Morgan fingerprint density at radius 2 is 2.28 bits per heavy atom. The number of anilines is 1. The number of hydrogen-bond donors (Lipinski definition) is 1. The number of methoxy groups -OCH3 is 1. The molecule has 92 valence electrons. The van der Waals surface area contributed by atoms with Crippen LogP contribution in [0, 0.1) is 0 Å². The average molecular weight is 261 g/mol. The minimum atomic E-state index is 0.546. The number of nitrogens with two attached hydrogens (primary N) is 1. The standard InChI is InChI=1S/C12H11N3O2S/c1-16-8-2-3-9-10(5-8)17-11(15-9)4-7-6-18-12(13)14-7/h2-3,5-6H,4H2,1H3,(H2,13,14). The number of thiazole rings is 1. The number of ether oxygens (including phenoxy) is 1. The summed E-state index contributed by atoms with van der Waals surface area (Å²) < 4.78 is 10.8. The fourth-order valence-corrected chi connectivity index (χ4v) is 2.28. The predicted octanol–water partition coefficient (Wildman–Crippen LogP) is 2.47. The van der Waals surface area contributed by atoms with Crippen molar-refractivity contribution in [3.05, 3.63) is 35.2 Å². The zero-order valence-electron chi connectivity index (χ0n) is 9.71. The minimum absolute atomic E-state index is 0.546. The van der Waals surface area contributed by atoms with Gasteiger partial charge in [0.05, 0.1) is 19.2 Å². The quantitative estimate of drug-likeness (QED) is 0.784. The molecule has 0 aliphatic rings. The summed E-state index contributed by atoms with van der Waals surface area (Å²) in [6, 6.07) is 5.55. The third kappa shape index (κ3) is 2.02. The molecule has 1 aromatic carbocycles. The highest BCUT2D eigenvalue weighted by Crippen LogP contribution is 2.23. The molecular weight excluding hydrogens is 250 g/mol. The lowest BCUT2D eigenvalue weighted by Crippen LogP contribution is -1.89. The number of rotatable bonds is 3. The van der Waals surface area contributed by atoms with Crippen LogP contribution in [0.4, 0.5) is 5.13 Å². The Bertz CT molecular complexity index is 690. The van der Waals surface area contributed by atoms with E-state index in [2.05, 4.69) is 9.97 Å². The molecule has 18 heavy (non-hydrogen) atoms. The number of aromatic nitrogens is 2. The minimum Gasteiger partial charge on any atom is -0.497 e. The molecule has 2 N–H and O–H groups in total. The Balaban J connectivity index is 1.93. The first-order valence-corrected chi connectivity index (χ1v) is 6.26. The van der Waals surface area contributed by atoms with E-state index in [0.717, 1.165) is 17.0 Å². The van der Waals surface area contributed by atoms with Gasteiger partial charge in [0.25, 0.3) is 0 Å². The van der Waals surface area contributed by atoms with Crippen molar-refractivity contribution in [2.75, 3.05) is 12.8 Å². The van der Waals surface area contributed by atoms with Gasteiger partial charge in [-0.05, 0) is 12.1 Å². The number of fused-ring (bicyclic) bond motifs is 1. The lowest BCUT2D eigenvalue weighted by atomic mass is 10.3. The van der Waals surface area contributed by atoms with Gasteiger partial charge in [-0.15, -0.1) is 11.3 Å². The zero-order chi connectivity index (χ0) is 12.5. The Hall–Kier alpha value is -2.08. The second kappa shape index (κ2) is 4.30. The number of benzene rings is 1. The molecule has 5 nitrogen and oxygen atoms in total. The van der Waals surface area contributed by atoms with Gasteiger partial charge in [-0.1, -0.05) is 0 Å². The smallest absolute Gasteiger partial charge is 0.201 e. The summed E-state index contributed by atoms with van der Waals surface area (Å²) in [4.78, 5) is 8.58. The summed E-state index contributed by atoms with van der Waals surface area (Å²) in [5.41, 5.74) is 7.99. The van der Waals surface area contributed by atoms with E-state index in [4.69, 9.17) is 14.9 Å². The summed E-state index contributed by atoms with van der Waals surface area (Å²) >= 11 is 1.41. The Labute approximate surface area is 107 Å². The van der Waals surface area contributed by atoms with Gasteiger partial charge in [0.15, 0.2) is 10.7 Å². The van der Waals surface area contributed by atoms with E-state index in [-0.39, 0.29) is 0 Å². The van der Waals surface area contributed by atoms with E-state index in [0.29, 0.717) is 23.0 Å². The summed E-state index contributed by atoms with van der Waals surface area (Å²) in [6.07, 6.45) is 0.546. The first-order chi connectivity index (χ1) is 8.74. The maximum atomic E-state index is 5.66. The molecule has 0 aliphatic carbocycles. The Morgan fingerprint density at radius 1 is 1.39 bits per heavy atom. The molecule has 0 saturated carbocycles. The monoisotopic (exact) mass is 261 g/mol. The summed E-state index contributed by atoms with van der Waals surface area (Å²) in [5, 5.41) is 2.47. The molecule has 0 saturated heterocycles. The third-order valence-corrected chi connectivity index (χ3v) is 3.26. The fourth-order valence-electron chi connectivity index (χ4n) is 1.71. The molecule has 2 heterocycles. The van der Waals surface area contributed by atoms with Crippen LogP contribution in [0.25, 0.3) is 11.1 Å². The van der Waals surface area contributed by atoms with Crippen molar-refractivity contribution >= 4 is 27.6 Å². The van der Waals surface area contributed by atoms with Crippen LogP contribution >= 0.6 is 11.3 Å². The molecular formula is C12H11N3O2S. The lowest BCUT2D eigenvalue weighted by molar-refractivity contribution is 0.414. The van der Waals surface area contributed by atoms with Crippen molar-refractivity contribution in [1.82, 2.24) is 9.97 Å². The second-order valence-corrected chi connectivity index (χ2v) is 4.68. The maximum absolute atomic E-state index is 5.66. The molecule has 0 aliphatic heterocycles. The molecule has 2 aromatic heterocycles. The summed E-state index contributed by atoms with van der Waals surface area (Å²) in [5.74, 6) is 1.38. The van der Waals surface area contributed by atoms with Crippen molar-refractivity contribution < 1.29 is 9.15 Å². The first-order valence-electron chi connectivity index (χ1n) is 5.38. The van der Waals surface area contributed by atoms with Gasteiger partial charge in [-0.3, -0.25) is 0 Å². The van der Waals surface area contributed by atoms with E-state index < -0.39 is 0 Å². The molecule has 6 heteroatoms. The van der Waals surface area contributed by atoms with Gasteiger partial charge in [-0.25, -0.2) is 9.97 Å². The number of hydrogen-bond acceptors (Lipinski definition) is 6. The van der Waals surface area contributed by atoms with Gasteiger partial charge < -0.3 is 14.9 Å². The van der Waals surface area contributed by atoms with Gasteiger partial charge in [0.2, 0.25) is 5.89 Å². The second-order valence-electron chi connectivity index (χ2n) is 3.80. The SMILES string of the molecule is COc1ccc2nc(Cc3csc(N)n3)oc2c1. The molecule has 3 aromatic rings. The molecule has 0 spiro atoms. The summed E-state index contributed by atoms with van der Waals surface area (Å²) in [6.45, 7) is 0. The van der Waals surface area contributed by atoms with Gasteiger partial charge >= 0.3 is 0 Å². The van der Waals surface area contributed by atoms with Crippen LogP contribution in [-0.2, 0) is 6.42 Å². The molecule has 0 unspecified atom stereocenters. The van der Waals surface area contributed by atoms with E-state index in [1.807, 2.05) is 23.6 Å². The molecule has 0 amide bonds. The van der Waals surface area contributed by atoms with Crippen LogP contribution in [-0.4, -0.2) is 17.1 Å². The highest BCUT2D eigenvalue weighted by molar-refractivity contribution is 7.13. The number of nitrogens with zero attached hydrogens (tertiary/aromatic N) is 2. The van der Waals surface area contributed by atoms with Gasteiger partial charge in [0.1, 0.15) is 11.3 Å². The molecule has 0 atom stereocenters. The predicted molar refractivity (Wildman–Crippen MR) is 69.9 cm³/mol. The van der Waals surface area contributed by atoms with E-state index >= 15 is 0 Å². The zero-order valence-corrected chi connectivity index (χ0v) is 10.5. The molecule has 0 bridgehead atoms.